The average Bonchev–Trinajstić information content (AvgIpc) is 2.92. The molecule has 2 fully saturated rings. The Hall–Kier alpha value is -3.39. The monoisotopic (exact) mass is 475 g/mol. The Morgan fingerprint density at radius 1 is 1.03 bits per heavy atom. The summed E-state index contributed by atoms with van der Waals surface area (Å²) in [6.07, 6.45) is 5.33. The Labute approximate surface area is 206 Å². The van der Waals surface area contributed by atoms with Gasteiger partial charge < -0.3 is 25.0 Å². The molecule has 0 saturated carbocycles. The summed E-state index contributed by atoms with van der Waals surface area (Å²) in [6.45, 7) is 4.42. The molecule has 2 N–H and O–H groups in total. The number of carbonyl (C=O) groups is 1. The third kappa shape index (κ3) is 6.00. The summed E-state index contributed by atoms with van der Waals surface area (Å²) < 4.78 is 11.3. The maximum Gasteiger partial charge on any atom is 0.251 e. The van der Waals surface area contributed by atoms with Crippen LogP contribution in [0.15, 0.2) is 48.5 Å². The fraction of sp³-hybridized carbons (Fsp3) is 0.444. The van der Waals surface area contributed by atoms with Crippen molar-refractivity contribution in [3.8, 4) is 5.75 Å². The molecule has 0 bridgehead atoms. The van der Waals surface area contributed by atoms with Gasteiger partial charge in [0.25, 0.3) is 5.91 Å². The van der Waals surface area contributed by atoms with Crippen molar-refractivity contribution >= 4 is 28.6 Å². The fourth-order valence-electron chi connectivity index (χ4n) is 4.61. The Kier molecular flexibility index (Phi) is 7.58. The smallest absolute Gasteiger partial charge is 0.251 e. The normalized spacial score (nSPS) is 16.7. The summed E-state index contributed by atoms with van der Waals surface area (Å²) in [5, 5.41) is 7.53. The standard InChI is InChI=1S/C27H33N5O3/c33-26(29-21-11-16-34-17-12-21)20-7-6-8-22(19-20)35-18-13-28-25-23-9-2-3-10-24(23)30-27(31-25)32-14-4-1-5-15-32/h2-3,6-10,19,21H,1,4-5,11-18H2,(H,29,33)(H,28,30,31). The van der Waals surface area contributed by atoms with Gasteiger partial charge in [0.05, 0.1) is 12.1 Å². The van der Waals surface area contributed by atoms with Crippen LogP contribution < -0.4 is 20.3 Å². The van der Waals surface area contributed by atoms with Gasteiger partial charge in [0.1, 0.15) is 18.2 Å². The quantitative estimate of drug-likeness (QED) is 0.476. The second-order valence-corrected chi connectivity index (χ2v) is 9.10. The van der Waals surface area contributed by atoms with Crippen molar-refractivity contribution in [1.29, 1.82) is 0 Å². The molecule has 2 aromatic carbocycles. The minimum absolute atomic E-state index is 0.0711. The molecule has 8 heteroatoms. The number of rotatable bonds is 8. The number of benzene rings is 2. The summed E-state index contributed by atoms with van der Waals surface area (Å²) >= 11 is 0. The first-order valence-corrected chi connectivity index (χ1v) is 12.6. The minimum Gasteiger partial charge on any atom is -0.492 e. The van der Waals surface area contributed by atoms with E-state index in [9.17, 15) is 4.79 Å². The van der Waals surface area contributed by atoms with Crippen LogP contribution in [-0.2, 0) is 4.74 Å². The molecule has 0 unspecified atom stereocenters. The summed E-state index contributed by atoms with van der Waals surface area (Å²) in [7, 11) is 0. The minimum atomic E-state index is -0.0711. The number of piperidine rings is 1. The summed E-state index contributed by atoms with van der Waals surface area (Å²) in [5.41, 5.74) is 1.55. The summed E-state index contributed by atoms with van der Waals surface area (Å²) in [5.74, 6) is 2.21. The van der Waals surface area contributed by atoms with Crippen molar-refractivity contribution in [2.45, 2.75) is 38.1 Å². The molecule has 2 aliphatic heterocycles. The molecular weight excluding hydrogens is 442 g/mol. The molecule has 2 aliphatic rings. The highest BCUT2D eigenvalue weighted by atomic mass is 16.5. The van der Waals surface area contributed by atoms with E-state index in [-0.39, 0.29) is 11.9 Å². The summed E-state index contributed by atoms with van der Waals surface area (Å²) in [6, 6.07) is 15.6. The molecular formula is C27H33N5O3. The molecule has 2 saturated heterocycles. The predicted octanol–water partition coefficient (Wildman–Crippen LogP) is 4.02. The number of hydrogen-bond donors (Lipinski definition) is 2. The van der Waals surface area contributed by atoms with Gasteiger partial charge in [-0.15, -0.1) is 0 Å². The highest BCUT2D eigenvalue weighted by Gasteiger charge is 2.18. The number of amides is 1. The van der Waals surface area contributed by atoms with Gasteiger partial charge in [-0.25, -0.2) is 4.98 Å². The summed E-state index contributed by atoms with van der Waals surface area (Å²) in [4.78, 5) is 24.6. The number of ether oxygens (including phenoxy) is 2. The molecule has 0 atom stereocenters. The van der Waals surface area contributed by atoms with Crippen LogP contribution >= 0.6 is 0 Å². The van der Waals surface area contributed by atoms with E-state index < -0.39 is 0 Å². The van der Waals surface area contributed by atoms with Gasteiger partial charge in [-0.2, -0.15) is 4.98 Å². The van der Waals surface area contributed by atoms with Crippen LogP contribution in [0.25, 0.3) is 10.9 Å². The number of hydrogen-bond acceptors (Lipinski definition) is 7. The Balaban J connectivity index is 1.19. The molecule has 1 aromatic heterocycles. The van der Waals surface area contributed by atoms with E-state index >= 15 is 0 Å². The number of nitrogens with zero attached hydrogens (tertiary/aromatic N) is 3. The van der Waals surface area contributed by atoms with E-state index in [0.29, 0.717) is 37.7 Å². The van der Waals surface area contributed by atoms with Gasteiger partial charge in [0.15, 0.2) is 0 Å². The molecule has 8 nitrogen and oxygen atoms in total. The molecule has 35 heavy (non-hydrogen) atoms. The van der Waals surface area contributed by atoms with Crippen molar-refractivity contribution in [2.24, 2.45) is 0 Å². The highest BCUT2D eigenvalue weighted by molar-refractivity contribution is 5.94. The maximum absolute atomic E-state index is 12.6. The molecule has 0 radical (unpaired) electrons. The average molecular weight is 476 g/mol. The first-order valence-electron chi connectivity index (χ1n) is 12.6. The molecule has 184 valence electrons. The van der Waals surface area contributed by atoms with Gasteiger partial charge in [-0.3, -0.25) is 4.79 Å². The first kappa shape index (κ1) is 23.4. The zero-order valence-corrected chi connectivity index (χ0v) is 20.0. The highest BCUT2D eigenvalue weighted by Crippen LogP contribution is 2.25. The van der Waals surface area contributed by atoms with E-state index in [2.05, 4.69) is 15.5 Å². The van der Waals surface area contributed by atoms with Crippen LogP contribution in [0, 0.1) is 0 Å². The van der Waals surface area contributed by atoms with Crippen LogP contribution in [-0.4, -0.2) is 61.4 Å². The van der Waals surface area contributed by atoms with Crippen LogP contribution in [0.4, 0.5) is 11.8 Å². The lowest BCUT2D eigenvalue weighted by molar-refractivity contribution is 0.0696. The largest absolute Gasteiger partial charge is 0.492 e. The van der Waals surface area contributed by atoms with Crippen molar-refractivity contribution < 1.29 is 14.3 Å². The van der Waals surface area contributed by atoms with Gasteiger partial charge in [-0.05, 0) is 62.4 Å². The zero-order chi connectivity index (χ0) is 23.9. The lowest BCUT2D eigenvalue weighted by atomic mass is 10.1. The number of nitrogens with one attached hydrogen (secondary N) is 2. The van der Waals surface area contributed by atoms with E-state index in [1.807, 2.05) is 42.5 Å². The second kappa shape index (κ2) is 11.4. The predicted molar refractivity (Wildman–Crippen MR) is 137 cm³/mol. The van der Waals surface area contributed by atoms with Gasteiger partial charge in [0.2, 0.25) is 5.95 Å². The van der Waals surface area contributed by atoms with Gasteiger partial charge in [-0.1, -0.05) is 18.2 Å². The Morgan fingerprint density at radius 2 is 1.86 bits per heavy atom. The third-order valence-electron chi connectivity index (χ3n) is 6.55. The number of carbonyl (C=O) groups excluding carboxylic acids is 1. The zero-order valence-electron chi connectivity index (χ0n) is 20.0. The van der Waals surface area contributed by atoms with Crippen LogP contribution in [0.5, 0.6) is 5.75 Å². The van der Waals surface area contributed by atoms with E-state index in [4.69, 9.17) is 19.4 Å². The van der Waals surface area contributed by atoms with Crippen LogP contribution in [0.1, 0.15) is 42.5 Å². The van der Waals surface area contributed by atoms with E-state index in [0.717, 1.165) is 48.6 Å². The molecule has 0 aliphatic carbocycles. The maximum atomic E-state index is 12.6. The van der Waals surface area contributed by atoms with Crippen molar-refractivity contribution in [3.63, 3.8) is 0 Å². The number of aromatic nitrogens is 2. The molecule has 3 aromatic rings. The van der Waals surface area contributed by atoms with Crippen LogP contribution in [0.2, 0.25) is 0 Å². The third-order valence-corrected chi connectivity index (χ3v) is 6.55. The lowest BCUT2D eigenvalue weighted by Crippen LogP contribution is -2.38. The van der Waals surface area contributed by atoms with E-state index in [1.165, 1.54) is 19.3 Å². The van der Waals surface area contributed by atoms with Gasteiger partial charge >= 0.3 is 0 Å². The molecule has 3 heterocycles. The topological polar surface area (TPSA) is 88.6 Å². The molecule has 1 amide bonds. The van der Waals surface area contributed by atoms with Crippen LogP contribution in [0.3, 0.4) is 0 Å². The fourth-order valence-corrected chi connectivity index (χ4v) is 4.61. The first-order chi connectivity index (χ1) is 17.3. The Bertz CT molecular complexity index is 1140. The molecule has 5 rings (SSSR count). The van der Waals surface area contributed by atoms with Crippen molar-refractivity contribution in [3.05, 3.63) is 54.1 Å². The van der Waals surface area contributed by atoms with E-state index in [1.54, 1.807) is 6.07 Å². The lowest BCUT2D eigenvalue weighted by Gasteiger charge is -2.27. The Morgan fingerprint density at radius 3 is 2.71 bits per heavy atom. The van der Waals surface area contributed by atoms with Crippen molar-refractivity contribution in [1.82, 2.24) is 15.3 Å². The SMILES string of the molecule is O=C(NC1CCOCC1)c1cccc(OCCNc2nc(N3CCCCC3)nc3ccccc23)c1. The molecule has 0 spiro atoms. The number of fused-ring (bicyclic) bond motifs is 1. The van der Waals surface area contributed by atoms with Gasteiger partial charge in [0, 0.05) is 43.3 Å². The van der Waals surface area contributed by atoms with Crippen molar-refractivity contribution in [2.75, 3.05) is 49.7 Å². The number of para-hydroxylation sites is 1. The second-order valence-electron chi connectivity index (χ2n) is 9.10. The number of anilines is 2.